The highest BCUT2D eigenvalue weighted by atomic mass is 16.6. The first-order valence-electron chi connectivity index (χ1n) is 13.4. The number of aliphatic hydroxyl groups is 1. The van der Waals surface area contributed by atoms with E-state index in [4.69, 9.17) is 9.94 Å². The summed E-state index contributed by atoms with van der Waals surface area (Å²) in [6, 6.07) is 6.38. The molecular formula is C30H38N2O5. The van der Waals surface area contributed by atoms with Crippen molar-refractivity contribution in [1.82, 2.24) is 5.32 Å². The molecule has 4 aliphatic carbocycles. The Balaban J connectivity index is 1.17. The minimum atomic E-state index is -0.979. The smallest absolute Gasteiger partial charge is 0.335 e. The van der Waals surface area contributed by atoms with Crippen molar-refractivity contribution in [3.8, 4) is 0 Å². The fourth-order valence-electron chi connectivity index (χ4n) is 7.69. The van der Waals surface area contributed by atoms with Gasteiger partial charge >= 0.3 is 5.97 Å². The first kappa shape index (κ1) is 25.7. The van der Waals surface area contributed by atoms with Crippen LogP contribution in [0.3, 0.4) is 0 Å². The normalized spacial score (nSPS) is 37.2. The molecule has 0 spiro atoms. The first-order valence-corrected chi connectivity index (χ1v) is 13.4. The molecule has 0 heterocycles. The third-order valence-electron chi connectivity index (χ3n) is 10.2. The number of amides is 1. The van der Waals surface area contributed by atoms with Crippen LogP contribution in [0.2, 0.25) is 0 Å². The Morgan fingerprint density at radius 1 is 1.08 bits per heavy atom. The predicted octanol–water partition coefficient (Wildman–Crippen LogP) is 4.86. The molecule has 7 heteroatoms. The van der Waals surface area contributed by atoms with Crippen molar-refractivity contribution in [3.63, 3.8) is 0 Å². The molecule has 1 aromatic carbocycles. The van der Waals surface area contributed by atoms with Gasteiger partial charge in [0.2, 0.25) is 0 Å². The summed E-state index contributed by atoms with van der Waals surface area (Å²) in [7, 11) is 0. The van der Waals surface area contributed by atoms with Crippen LogP contribution >= 0.6 is 0 Å². The van der Waals surface area contributed by atoms with Crippen LogP contribution in [-0.4, -0.2) is 40.0 Å². The van der Waals surface area contributed by atoms with Gasteiger partial charge in [0, 0.05) is 12.0 Å². The van der Waals surface area contributed by atoms with Crippen molar-refractivity contribution in [2.75, 3.05) is 6.61 Å². The van der Waals surface area contributed by atoms with Gasteiger partial charge in [0.05, 0.1) is 11.2 Å². The monoisotopic (exact) mass is 506 g/mol. The number of hydrogen-bond donors (Lipinski definition) is 3. The van der Waals surface area contributed by atoms with Gasteiger partial charge in [0.25, 0.3) is 5.91 Å². The van der Waals surface area contributed by atoms with Gasteiger partial charge in [0.15, 0.2) is 6.61 Å². The second kappa shape index (κ2) is 9.43. The summed E-state index contributed by atoms with van der Waals surface area (Å²) in [5.74, 6) is 0.530. The molecule has 4 aliphatic rings. The summed E-state index contributed by atoms with van der Waals surface area (Å²) in [5.41, 5.74) is 2.61. The van der Waals surface area contributed by atoms with Crippen LogP contribution in [0.15, 0.2) is 53.2 Å². The Bertz CT molecular complexity index is 1170. The number of carbonyl (C=O) groups is 2. The van der Waals surface area contributed by atoms with Crippen molar-refractivity contribution in [1.29, 1.82) is 0 Å². The number of hydrogen-bond acceptors (Lipinski definition) is 5. The van der Waals surface area contributed by atoms with E-state index < -0.39 is 11.6 Å². The minimum absolute atomic E-state index is 0.00523. The second-order valence-electron chi connectivity index (χ2n) is 12.0. The molecule has 0 bridgehead atoms. The highest BCUT2D eigenvalue weighted by Crippen LogP contribution is 2.66. The molecule has 3 N–H and O–H groups in total. The third-order valence-corrected chi connectivity index (χ3v) is 10.2. The zero-order valence-corrected chi connectivity index (χ0v) is 22.0. The molecule has 3 saturated carbocycles. The highest BCUT2D eigenvalue weighted by Gasteiger charge is 2.61. The largest absolute Gasteiger partial charge is 0.478 e. The van der Waals surface area contributed by atoms with Gasteiger partial charge in [-0.1, -0.05) is 42.8 Å². The summed E-state index contributed by atoms with van der Waals surface area (Å²) < 4.78 is 0. The van der Waals surface area contributed by atoms with Crippen LogP contribution in [0.4, 0.5) is 0 Å². The number of carbonyl (C=O) groups excluding carboxylic acids is 1. The van der Waals surface area contributed by atoms with E-state index in [1.54, 1.807) is 12.1 Å². The van der Waals surface area contributed by atoms with E-state index in [1.165, 1.54) is 17.7 Å². The Morgan fingerprint density at radius 3 is 2.54 bits per heavy atom. The number of carboxylic acid groups (broad SMARTS) is 1. The third kappa shape index (κ3) is 4.52. The maximum Gasteiger partial charge on any atom is 0.335 e. The van der Waals surface area contributed by atoms with Gasteiger partial charge in [-0.25, -0.2) is 4.79 Å². The van der Waals surface area contributed by atoms with E-state index in [0.29, 0.717) is 24.3 Å². The molecule has 3 fully saturated rings. The van der Waals surface area contributed by atoms with E-state index in [2.05, 4.69) is 36.5 Å². The first-order chi connectivity index (χ1) is 17.5. The molecule has 6 atom stereocenters. The van der Waals surface area contributed by atoms with Crippen molar-refractivity contribution < 1.29 is 24.6 Å². The summed E-state index contributed by atoms with van der Waals surface area (Å²) in [4.78, 5) is 28.5. The van der Waals surface area contributed by atoms with Gasteiger partial charge in [-0.2, -0.15) is 0 Å². The Morgan fingerprint density at radius 2 is 1.81 bits per heavy atom. The van der Waals surface area contributed by atoms with E-state index in [1.807, 2.05) is 13.0 Å². The predicted molar refractivity (Wildman–Crippen MR) is 141 cm³/mol. The fraction of sp³-hybridized carbons (Fsp3) is 0.567. The van der Waals surface area contributed by atoms with E-state index >= 15 is 0 Å². The van der Waals surface area contributed by atoms with Crippen molar-refractivity contribution in [2.45, 2.75) is 71.4 Å². The molecule has 0 aromatic heterocycles. The van der Waals surface area contributed by atoms with Crippen LogP contribution in [-0.2, 0) is 16.2 Å². The molecule has 0 saturated heterocycles. The van der Waals surface area contributed by atoms with Gasteiger partial charge in [0.1, 0.15) is 5.71 Å². The van der Waals surface area contributed by atoms with Gasteiger partial charge in [-0.05, 0) is 98.5 Å². The molecule has 0 radical (unpaired) electrons. The maximum atomic E-state index is 12.2. The molecule has 1 amide bonds. The Labute approximate surface area is 218 Å². The molecule has 1 aromatic rings. The van der Waals surface area contributed by atoms with Gasteiger partial charge in [-0.15, -0.1) is 0 Å². The quantitative estimate of drug-likeness (QED) is 0.478. The van der Waals surface area contributed by atoms with Crippen LogP contribution in [0.1, 0.15) is 75.2 Å². The number of carboxylic acids is 1. The van der Waals surface area contributed by atoms with Crippen molar-refractivity contribution >= 4 is 17.6 Å². The maximum absolute atomic E-state index is 12.2. The average molecular weight is 507 g/mol. The van der Waals surface area contributed by atoms with Crippen LogP contribution in [0.5, 0.6) is 0 Å². The standard InChI is InChI=1S/C30H38N2O5/c1-28-13-10-22(32-37-18-26(33)31-17-19-4-6-20(7-5-19)27(34)35)16-21(28)8-9-23-24(28)11-14-29(2)25(23)12-15-30(29,3)36/h4-7,10,13,16,23-25,36H,8-9,11-12,14-15,17-18H2,1-3H3,(H,31,33)(H,34,35)/t23?,24?,25?,28-,29-,30-/m0/s1. The number of benzene rings is 1. The lowest BCUT2D eigenvalue weighted by Crippen LogP contribution is -2.53. The zero-order valence-electron chi connectivity index (χ0n) is 22.0. The molecule has 0 aliphatic heterocycles. The summed E-state index contributed by atoms with van der Waals surface area (Å²) >= 11 is 0. The lowest BCUT2D eigenvalue weighted by Gasteiger charge is -2.58. The Kier molecular flexibility index (Phi) is 6.55. The topological polar surface area (TPSA) is 108 Å². The van der Waals surface area contributed by atoms with Crippen LogP contribution < -0.4 is 5.32 Å². The zero-order chi connectivity index (χ0) is 26.4. The van der Waals surface area contributed by atoms with Crippen LogP contribution in [0.25, 0.3) is 0 Å². The van der Waals surface area contributed by atoms with E-state index in [-0.39, 0.29) is 28.9 Å². The number of fused-ring (bicyclic) bond motifs is 5. The number of aromatic carboxylic acids is 1. The lowest BCUT2D eigenvalue weighted by atomic mass is 9.47. The molecular weight excluding hydrogens is 468 g/mol. The lowest BCUT2D eigenvalue weighted by molar-refractivity contribution is -0.125. The van der Waals surface area contributed by atoms with Crippen molar-refractivity contribution in [2.24, 2.45) is 33.7 Å². The summed E-state index contributed by atoms with van der Waals surface area (Å²) in [6.07, 6.45) is 12.9. The molecule has 37 heavy (non-hydrogen) atoms. The Hall–Kier alpha value is -2.93. The number of nitrogens with zero attached hydrogens (tertiary/aromatic N) is 1. The van der Waals surface area contributed by atoms with Gasteiger partial charge in [-0.3, -0.25) is 4.79 Å². The number of oxime groups is 1. The number of nitrogens with one attached hydrogen (secondary N) is 1. The van der Waals surface area contributed by atoms with E-state index in [0.717, 1.165) is 49.8 Å². The second-order valence-corrected chi connectivity index (χ2v) is 12.0. The minimum Gasteiger partial charge on any atom is -0.478 e. The number of rotatable bonds is 6. The average Bonchev–Trinajstić information content (AvgIpc) is 3.11. The molecule has 3 unspecified atom stereocenters. The summed E-state index contributed by atoms with van der Waals surface area (Å²) in [5, 5.41) is 27.1. The molecule has 198 valence electrons. The number of allylic oxidation sites excluding steroid dienone is 4. The van der Waals surface area contributed by atoms with Crippen LogP contribution in [0, 0.1) is 28.6 Å². The van der Waals surface area contributed by atoms with E-state index in [9.17, 15) is 14.7 Å². The summed E-state index contributed by atoms with van der Waals surface area (Å²) in [6.45, 7) is 6.83. The SMILES string of the molecule is C[C@]12C=CC(=NOCC(=O)NCc3ccc(C(=O)O)cc3)C=C1CCC1C2CC[C@@]2(C)C1CC[C@]2(C)O. The fourth-order valence-corrected chi connectivity index (χ4v) is 7.69. The highest BCUT2D eigenvalue weighted by molar-refractivity contribution is 6.05. The molecule has 7 nitrogen and oxygen atoms in total. The van der Waals surface area contributed by atoms with Gasteiger partial charge < -0.3 is 20.4 Å². The molecule has 5 rings (SSSR count). The van der Waals surface area contributed by atoms with Crippen molar-refractivity contribution in [3.05, 3.63) is 59.2 Å².